The van der Waals surface area contributed by atoms with Crippen LogP contribution in [-0.2, 0) is 11.3 Å². The molecule has 23 heavy (non-hydrogen) atoms. The highest BCUT2D eigenvalue weighted by molar-refractivity contribution is 6.32. The monoisotopic (exact) mass is 356 g/mol. The molecular weight excluding hydrogens is 347 g/mol. The summed E-state index contributed by atoms with van der Waals surface area (Å²) in [5, 5.41) is 11.5. The van der Waals surface area contributed by atoms with Gasteiger partial charge in [-0.2, -0.15) is 0 Å². The highest BCUT2D eigenvalue weighted by Gasteiger charge is 2.19. The van der Waals surface area contributed by atoms with E-state index in [-0.39, 0.29) is 34.5 Å². The number of aromatic nitrogens is 1. The van der Waals surface area contributed by atoms with Crippen molar-refractivity contribution in [3.8, 4) is 5.75 Å². The number of benzene rings is 1. The maximum absolute atomic E-state index is 12.0. The maximum atomic E-state index is 12.0. The second-order valence-corrected chi connectivity index (χ2v) is 5.08. The van der Waals surface area contributed by atoms with Gasteiger partial charge in [0.05, 0.1) is 28.3 Å². The van der Waals surface area contributed by atoms with E-state index >= 15 is 0 Å². The van der Waals surface area contributed by atoms with Crippen LogP contribution in [0.25, 0.3) is 0 Å². The van der Waals surface area contributed by atoms with Gasteiger partial charge in [0.25, 0.3) is 0 Å². The van der Waals surface area contributed by atoms with E-state index in [9.17, 15) is 14.9 Å². The molecule has 0 atom stereocenters. The number of pyridine rings is 1. The first-order valence-corrected chi connectivity index (χ1v) is 6.98. The zero-order chi connectivity index (χ0) is 17.0. The Hall–Kier alpha value is -2.38. The third kappa shape index (κ3) is 4.08. The van der Waals surface area contributed by atoms with Gasteiger partial charge in [-0.25, -0.2) is 9.78 Å². The average Bonchev–Trinajstić information content (AvgIpc) is 2.54. The van der Waals surface area contributed by atoms with Crippen molar-refractivity contribution in [1.29, 1.82) is 0 Å². The van der Waals surface area contributed by atoms with E-state index in [4.69, 9.17) is 32.7 Å². The van der Waals surface area contributed by atoms with Gasteiger partial charge in [0.2, 0.25) is 0 Å². The number of carbonyl (C=O) groups is 1. The zero-order valence-corrected chi connectivity index (χ0v) is 13.3. The van der Waals surface area contributed by atoms with Crippen LogP contribution in [-0.4, -0.2) is 23.0 Å². The molecule has 0 saturated carbocycles. The molecule has 1 aromatic heterocycles. The molecule has 0 saturated heterocycles. The Morgan fingerprint density at radius 1 is 1.30 bits per heavy atom. The molecule has 120 valence electrons. The van der Waals surface area contributed by atoms with Crippen LogP contribution in [0.3, 0.4) is 0 Å². The van der Waals surface area contributed by atoms with Crippen molar-refractivity contribution >= 4 is 34.9 Å². The van der Waals surface area contributed by atoms with E-state index in [1.165, 1.54) is 31.4 Å². The van der Waals surface area contributed by atoms with E-state index in [0.717, 1.165) is 6.07 Å². The normalized spacial score (nSPS) is 10.2. The SMILES string of the molecule is COc1ccc(C(=O)OCc2nc(Cl)ccc2Cl)cc1[N+](=O)[O-]. The number of esters is 1. The Morgan fingerprint density at radius 3 is 2.70 bits per heavy atom. The standard InChI is InChI=1S/C14H10Cl2N2O5/c1-22-12-4-2-8(6-11(12)18(20)21)14(19)23-7-10-9(15)3-5-13(16)17-10/h2-6H,7H2,1H3. The van der Waals surface area contributed by atoms with E-state index in [1.807, 2.05) is 0 Å². The molecule has 0 aliphatic rings. The van der Waals surface area contributed by atoms with Crippen LogP contribution in [0.1, 0.15) is 16.1 Å². The molecule has 0 N–H and O–H groups in total. The largest absolute Gasteiger partial charge is 0.490 e. The number of halogens is 2. The molecule has 2 rings (SSSR count). The molecule has 2 aromatic rings. The van der Waals surface area contributed by atoms with Gasteiger partial charge in [0, 0.05) is 6.07 Å². The molecule has 0 aliphatic carbocycles. The lowest BCUT2D eigenvalue weighted by molar-refractivity contribution is -0.385. The van der Waals surface area contributed by atoms with Crippen molar-refractivity contribution < 1.29 is 19.2 Å². The van der Waals surface area contributed by atoms with Gasteiger partial charge >= 0.3 is 11.7 Å². The molecule has 9 heteroatoms. The minimum absolute atomic E-state index is 0.00986. The molecule has 0 amide bonds. The smallest absolute Gasteiger partial charge is 0.338 e. The highest BCUT2D eigenvalue weighted by atomic mass is 35.5. The number of rotatable bonds is 5. The van der Waals surface area contributed by atoms with Gasteiger partial charge in [0.1, 0.15) is 11.8 Å². The van der Waals surface area contributed by atoms with Crippen LogP contribution in [0.15, 0.2) is 30.3 Å². The lowest BCUT2D eigenvalue weighted by atomic mass is 10.2. The number of nitro groups is 1. The van der Waals surface area contributed by atoms with Crippen molar-refractivity contribution in [3.63, 3.8) is 0 Å². The lowest BCUT2D eigenvalue weighted by Gasteiger charge is -2.07. The second kappa shape index (κ2) is 7.26. The van der Waals surface area contributed by atoms with E-state index in [1.54, 1.807) is 0 Å². The van der Waals surface area contributed by atoms with Gasteiger partial charge in [-0.15, -0.1) is 0 Å². The van der Waals surface area contributed by atoms with Gasteiger partial charge in [-0.05, 0) is 24.3 Å². The summed E-state index contributed by atoms with van der Waals surface area (Å²) >= 11 is 11.7. The predicted molar refractivity (Wildman–Crippen MR) is 83.0 cm³/mol. The van der Waals surface area contributed by atoms with Crippen LogP contribution in [0, 0.1) is 10.1 Å². The fourth-order valence-corrected chi connectivity index (χ4v) is 2.06. The Kier molecular flexibility index (Phi) is 5.36. The Bertz CT molecular complexity index is 767. The minimum Gasteiger partial charge on any atom is -0.490 e. The molecule has 0 spiro atoms. The number of hydrogen-bond acceptors (Lipinski definition) is 6. The summed E-state index contributed by atoms with van der Waals surface area (Å²) in [5.74, 6) is -0.709. The number of hydrogen-bond donors (Lipinski definition) is 0. The van der Waals surface area contributed by atoms with Crippen LogP contribution in [0.5, 0.6) is 5.75 Å². The predicted octanol–water partition coefficient (Wildman–Crippen LogP) is 3.66. The lowest BCUT2D eigenvalue weighted by Crippen LogP contribution is -2.07. The number of nitro benzene ring substituents is 1. The molecule has 0 fully saturated rings. The van der Waals surface area contributed by atoms with Crippen LogP contribution >= 0.6 is 23.2 Å². The summed E-state index contributed by atoms with van der Waals surface area (Å²) in [6.45, 7) is -0.210. The second-order valence-electron chi connectivity index (χ2n) is 4.28. The highest BCUT2D eigenvalue weighted by Crippen LogP contribution is 2.28. The first-order chi connectivity index (χ1) is 10.9. The number of carbonyl (C=O) groups excluding carboxylic acids is 1. The molecule has 1 heterocycles. The summed E-state index contributed by atoms with van der Waals surface area (Å²) < 4.78 is 9.91. The van der Waals surface area contributed by atoms with Crippen LogP contribution in [0.2, 0.25) is 10.2 Å². The first kappa shape index (κ1) is 17.0. The van der Waals surface area contributed by atoms with Crippen molar-refractivity contribution in [2.24, 2.45) is 0 Å². The summed E-state index contributed by atoms with van der Waals surface area (Å²) in [7, 11) is 1.30. The Balaban J connectivity index is 2.16. The fourth-order valence-electron chi connectivity index (χ4n) is 1.74. The van der Waals surface area contributed by atoms with Crippen LogP contribution < -0.4 is 4.74 Å². The third-order valence-corrected chi connectivity index (χ3v) is 3.39. The van der Waals surface area contributed by atoms with Crippen molar-refractivity contribution in [2.45, 2.75) is 6.61 Å². The zero-order valence-electron chi connectivity index (χ0n) is 11.8. The molecule has 0 aliphatic heterocycles. The van der Waals surface area contributed by atoms with Crippen molar-refractivity contribution in [2.75, 3.05) is 7.11 Å². The molecule has 0 bridgehead atoms. The van der Waals surface area contributed by atoms with Crippen molar-refractivity contribution in [3.05, 3.63) is 61.9 Å². The molecule has 7 nitrogen and oxygen atoms in total. The summed E-state index contributed by atoms with van der Waals surface area (Å²) in [4.78, 5) is 26.2. The third-order valence-electron chi connectivity index (χ3n) is 2.84. The molecule has 0 radical (unpaired) electrons. The number of ether oxygens (including phenoxy) is 2. The van der Waals surface area contributed by atoms with E-state index in [0.29, 0.717) is 5.02 Å². The molecule has 1 aromatic carbocycles. The minimum atomic E-state index is -0.756. The molecular formula is C14H10Cl2N2O5. The summed E-state index contributed by atoms with van der Waals surface area (Å²) in [6.07, 6.45) is 0. The Morgan fingerprint density at radius 2 is 2.04 bits per heavy atom. The Labute approximate surface area is 140 Å². The topological polar surface area (TPSA) is 91.6 Å². The summed E-state index contributed by atoms with van der Waals surface area (Å²) in [5.41, 5.74) is -0.0351. The maximum Gasteiger partial charge on any atom is 0.338 e. The van der Waals surface area contributed by atoms with Gasteiger partial charge < -0.3 is 9.47 Å². The first-order valence-electron chi connectivity index (χ1n) is 6.23. The number of methoxy groups -OCH3 is 1. The number of nitrogens with zero attached hydrogens (tertiary/aromatic N) is 2. The van der Waals surface area contributed by atoms with Crippen molar-refractivity contribution in [1.82, 2.24) is 4.98 Å². The van der Waals surface area contributed by atoms with Gasteiger partial charge in [-0.3, -0.25) is 10.1 Å². The molecule has 0 unspecified atom stereocenters. The van der Waals surface area contributed by atoms with Gasteiger partial charge in [-0.1, -0.05) is 23.2 Å². The fraction of sp³-hybridized carbons (Fsp3) is 0.143. The van der Waals surface area contributed by atoms with E-state index < -0.39 is 10.9 Å². The summed E-state index contributed by atoms with van der Waals surface area (Å²) in [6, 6.07) is 6.79. The van der Waals surface area contributed by atoms with Crippen LogP contribution in [0.4, 0.5) is 5.69 Å². The quantitative estimate of drug-likeness (QED) is 0.351. The average molecular weight is 357 g/mol. The van der Waals surface area contributed by atoms with E-state index in [2.05, 4.69) is 4.98 Å². The van der Waals surface area contributed by atoms with Gasteiger partial charge in [0.15, 0.2) is 5.75 Å².